The second-order valence-corrected chi connectivity index (χ2v) is 7.83. The molecule has 1 N–H and O–H groups in total. The number of hydrogen-bond acceptors (Lipinski definition) is 5. The molecule has 0 aromatic heterocycles. The number of nitro groups is 1. The van der Waals surface area contributed by atoms with Crippen molar-refractivity contribution in [1.29, 1.82) is 0 Å². The lowest BCUT2D eigenvalue weighted by atomic mass is 10.1. The van der Waals surface area contributed by atoms with Crippen molar-refractivity contribution >= 4 is 40.5 Å². The lowest BCUT2D eigenvalue weighted by Crippen LogP contribution is -2.49. The van der Waals surface area contributed by atoms with Crippen molar-refractivity contribution in [2.75, 3.05) is 36.4 Å². The summed E-state index contributed by atoms with van der Waals surface area (Å²) >= 11 is 5.89. The Morgan fingerprint density at radius 1 is 1.07 bits per heavy atom. The maximum absolute atomic E-state index is 12.8. The summed E-state index contributed by atoms with van der Waals surface area (Å²) in [5.41, 5.74) is 1.64. The van der Waals surface area contributed by atoms with Gasteiger partial charge in [-0.3, -0.25) is 19.7 Å². The number of halogens is 1. The highest BCUT2D eigenvalue weighted by molar-refractivity contribution is 6.30. The minimum absolute atomic E-state index is 0.0405. The third-order valence-corrected chi connectivity index (χ3v) is 5.20. The average Bonchev–Trinajstić information content (AvgIpc) is 2.73. The van der Waals surface area contributed by atoms with Gasteiger partial charge < -0.3 is 15.1 Å². The number of benzene rings is 2. The molecule has 9 heteroatoms. The van der Waals surface area contributed by atoms with Crippen LogP contribution >= 0.6 is 11.6 Å². The van der Waals surface area contributed by atoms with Crippen LogP contribution in [0.15, 0.2) is 42.5 Å². The summed E-state index contributed by atoms with van der Waals surface area (Å²) in [6, 6.07) is 11.4. The molecule has 0 radical (unpaired) electrons. The minimum atomic E-state index is -0.446. The molecule has 2 aromatic carbocycles. The van der Waals surface area contributed by atoms with E-state index in [0.29, 0.717) is 48.1 Å². The predicted octanol–water partition coefficient (Wildman–Crippen LogP) is 3.81. The Morgan fingerprint density at radius 2 is 1.70 bits per heavy atom. The number of anilines is 2. The van der Waals surface area contributed by atoms with Gasteiger partial charge in [0.15, 0.2) is 0 Å². The maximum Gasteiger partial charge on any atom is 0.294 e. The molecule has 158 valence electrons. The Kier molecular flexibility index (Phi) is 6.56. The van der Waals surface area contributed by atoms with Gasteiger partial charge in [-0.25, -0.2) is 0 Å². The van der Waals surface area contributed by atoms with E-state index in [-0.39, 0.29) is 23.4 Å². The summed E-state index contributed by atoms with van der Waals surface area (Å²) in [4.78, 5) is 39.1. The smallest absolute Gasteiger partial charge is 0.294 e. The summed E-state index contributed by atoms with van der Waals surface area (Å²) in [5.74, 6) is -0.317. The zero-order chi connectivity index (χ0) is 21.8. The first kappa shape index (κ1) is 21.6. The van der Waals surface area contributed by atoms with Crippen molar-refractivity contribution in [2.45, 2.75) is 13.8 Å². The van der Waals surface area contributed by atoms with Gasteiger partial charge in [-0.05, 0) is 36.4 Å². The van der Waals surface area contributed by atoms with Crippen LogP contribution in [0.25, 0.3) is 0 Å². The standard InChI is InChI=1S/C21H23ClN4O4/c1-14(2)20(27)23-17-6-3-15(4-7-17)21(28)25-11-9-24(10-12-25)18-8-5-16(22)13-19(18)26(29)30/h3-8,13-14H,9-12H2,1-2H3,(H,23,27). The topological polar surface area (TPSA) is 95.8 Å². The Morgan fingerprint density at radius 3 is 2.27 bits per heavy atom. The second-order valence-electron chi connectivity index (χ2n) is 7.39. The molecule has 0 aliphatic carbocycles. The predicted molar refractivity (Wildman–Crippen MR) is 116 cm³/mol. The number of hydrogen-bond donors (Lipinski definition) is 1. The summed E-state index contributed by atoms with van der Waals surface area (Å²) in [6.07, 6.45) is 0. The van der Waals surface area contributed by atoms with Gasteiger partial charge in [0, 0.05) is 54.4 Å². The first-order valence-corrected chi connectivity index (χ1v) is 10.0. The zero-order valence-corrected chi connectivity index (χ0v) is 17.6. The fraction of sp³-hybridized carbons (Fsp3) is 0.333. The van der Waals surface area contributed by atoms with Crippen molar-refractivity contribution in [1.82, 2.24) is 4.90 Å². The molecule has 30 heavy (non-hydrogen) atoms. The van der Waals surface area contributed by atoms with Crippen molar-refractivity contribution in [2.24, 2.45) is 5.92 Å². The van der Waals surface area contributed by atoms with Crippen LogP contribution in [0, 0.1) is 16.0 Å². The molecule has 2 aromatic rings. The highest BCUT2D eigenvalue weighted by Crippen LogP contribution is 2.31. The lowest BCUT2D eigenvalue weighted by Gasteiger charge is -2.35. The molecule has 0 spiro atoms. The lowest BCUT2D eigenvalue weighted by molar-refractivity contribution is -0.384. The van der Waals surface area contributed by atoms with Crippen LogP contribution in [0.1, 0.15) is 24.2 Å². The van der Waals surface area contributed by atoms with E-state index < -0.39 is 4.92 Å². The Bertz CT molecular complexity index is 954. The number of rotatable bonds is 5. The number of nitrogens with one attached hydrogen (secondary N) is 1. The van der Waals surface area contributed by atoms with Gasteiger partial charge in [0.2, 0.25) is 5.91 Å². The van der Waals surface area contributed by atoms with E-state index in [9.17, 15) is 19.7 Å². The number of carbonyl (C=O) groups is 2. The van der Waals surface area contributed by atoms with Crippen molar-refractivity contribution in [3.8, 4) is 0 Å². The molecule has 3 rings (SSSR count). The molecule has 0 bridgehead atoms. The van der Waals surface area contributed by atoms with E-state index in [1.165, 1.54) is 6.07 Å². The van der Waals surface area contributed by atoms with Gasteiger partial charge in [0.05, 0.1) is 4.92 Å². The van der Waals surface area contributed by atoms with E-state index in [4.69, 9.17) is 11.6 Å². The van der Waals surface area contributed by atoms with Gasteiger partial charge in [-0.1, -0.05) is 25.4 Å². The van der Waals surface area contributed by atoms with Crippen LogP contribution in [0.5, 0.6) is 0 Å². The molecule has 1 fully saturated rings. The van der Waals surface area contributed by atoms with Crippen LogP contribution < -0.4 is 10.2 Å². The highest BCUT2D eigenvalue weighted by atomic mass is 35.5. The van der Waals surface area contributed by atoms with Crippen molar-refractivity contribution < 1.29 is 14.5 Å². The molecule has 1 aliphatic rings. The van der Waals surface area contributed by atoms with E-state index >= 15 is 0 Å². The zero-order valence-electron chi connectivity index (χ0n) is 16.8. The van der Waals surface area contributed by atoms with Crippen molar-refractivity contribution in [3.05, 3.63) is 63.2 Å². The van der Waals surface area contributed by atoms with E-state index in [1.807, 2.05) is 18.7 Å². The summed E-state index contributed by atoms with van der Waals surface area (Å²) in [6.45, 7) is 5.49. The first-order valence-electron chi connectivity index (χ1n) is 9.65. The highest BCUT2D eigenvalue weighted by Gasteiger charge is 2.26. The number of amides is 2. The Hall–Kier alpha value is -3.13. The number of carbonyl (C=O) groups excluding carboxylic acids is 2. The van der Waals surface area contributed by atoms with Crippen LogP contribution in [0.3, 0.4) is 0 Å². The van der Waals surface area contributed by atoms with E-state index in [1.54, 1.807) is 41.3 Å². The van der Waals surface area contributed by atoms with Gasteiger partial charge in [0.25, 0.3) is 11.6 Å². The van der Waals surface area contributed by atoms with E-state index in [0.717, 1.165) is 0 Å². The Balaban J connectivity index is 1.63. The molecule has 0 atom stereocenters. The third kappa shape index (κ3) is 4.88. The fourth-order valence-electron chi connectivity index (χ4n) is 3.23. The molecule has 1 aliphatic heterocycles. The Labute approximate surface area is 179 Å². The average molecular weight is 431 g/mol. The minimum Gasteiger partial charge on any atom is -0.362 e. The SMILES string of the molecule is CC(C)C(=O)Nc1ccc(C(=O)N2CCN(c3ccc(Cl)cc3[N+](=O)[O-])CC2)cc1. The molecule has 1 heterocycles. The molecule has 8 nitrogen and oxygen atoms in total. The van der Waals surface area contributed by atoms with Crippen LogP contribution in [-0.2, 0) is 4.79 Å². The van der Waals surface area contributed by atoms with Crippen molar-refractivity contribution in [3.63, 3.8) is 0 Å². The maximum atomic E-state index is 12.8. The van der Waals surface area contributed by atoms with Gasteiger partial charge in [-0.15, -0.1) is 0 Å². The molecule has 0 saturated carbocycles. The van der Waals surface area contributed by atoms with Gasteiger partial charge >= 0.3 is 0 Å². The van der Waals surface area contributed by atoms with Gasteiger partial charge in [-0.2, -0.15) is 0 Å². The molecular weight excluding hydrogens is 408 g/mol. The summed E-state index contributed by atoms with van der Waals surface area (Å²) in [7, 11) is 0. The molecular formula is C21H23ClN4O4. The quantitative estimate of drug-likeness (QED) is 0.574. The number of piperazine rings is 1. The van der Waals surface area contributed by atoms with Gasteiger partial charge in [0.1, 0.15) is 5.69 Å². The normalized spacial score (nSPS) is 14.0. The molecule has 2 amide bonds. The largest absolute Gasteiger partial charge is 0.362 e. The third-order valence-electron chi connectivity index (χ3n) is 4.97. The van der Waals surface area contributed by atoms with Crippen LogP contribution in [0.4, 0.5) is 17.1 Å². The molecule has 0 unspecified atom stereocenters. The second kappa shape index (κ2) is 9.13. The summed E-state index contributed by atoms with van der Waals surface area (Å²) < 4.78 is 0. The fourth-order valence-corrected chi connectivity index (χ4v) is 3.39. The van der Waals surface area contributed by atoms with Crippen LogP contribution in [0.2, 0.25) is 5.02 Å². The number of nitrogens with zero attached hydrogens (tertiary/aromatic N) is 3. The van der Waals surface area contributed by atoms with Crippen LogP contribution in [-0.4, -0.2) is 47.8 Å². The molecule has 1 saturated heterocycles. The summed E-state index contributed by atoms with van der Waals surface area (Å²) in [5, 5.41) is 14.4. The number of nitro benzene ring substituents is 1. The first-order chi connectivity index (χ1) is 14.3. The van der Waals surface area contributed by atoms with E-state index in [2.05, 4.69) is 5.32 Å². The monoisotopic (exact) mass is 430 g/mol.